The Bertz CT molecular complexity index is 485. The zero-order valence-corrected chi connectivity index (χ0v) is 13.2. The minimum Gasteiger partial charge on any atom is -0.508 e. The van der Waals surface area contributed by atoms with Gasteiger partial charge in [0.1, 0.15) is 11.5 Å². The molecule has 1 N–H and O–H groups in total. The smallest absolute Gasteiger partial charge is 0.134 e. The molecule has 0 unspecified atom stereocenters. The number of phenols is 1. The Balaban J connectivity index is 3.66. The monoisotopic (exact) mass is 262 g/mol. The van der Waals surface area contributed by atoms with E-state index in [1.54, 1.807) is 13.0 Å². The summed E-state index contributed by atoms with van der Waals surface area (Å²) in [6, 6.07) is 3.60. The standard InChI is InChI=1S/C17H26O2/c1-11(18)10-12-8-9-13(19)15(17(5,6)7)14(12)16(2,3)4/h8-9,19H,10H2,1-7H3. The highest BCUT2D eigenvalue weighted by molar-refractivity contribution is 5.79. The van der Waals surface area contributed by atoms with E-state index in [1.807, 2.05) is 6.07 Å². The molecule has 0 saturated carbocycles. The number of hydrogen-bond acceptors (Lipinski definition) is 2. The van der Waals surface area contributed by atoms with Gasteiger partial charge in [-0.05, 0) is 34.9 Å². The third-order valence-corrected chi connectivity index (χ3v) is 3.21. The number of carbonyl (C=O) groups excluding carboxylic acids is 1. The van der Waals surface area contributed by atoms with Gasteiger partial charge in [-0.2, -0.15) is 0 Å². The van der Waals surface area contributed by atoms with E-state index in [1.165, 1.54) is 0 Å². The first kappa shape index (κ1) is 15.7. The summed E-state index contributed by atoms with van der Waals surface area (Å²) in [6.07, 6.45) is 0.427. The van der Waals surface area contributed by atoms with Crippen LogP contribution in [0.1, 0.15) is 65.2 Å². The van der Waals surface area contributed by atoms with Gasteiger partial charge in [-0.3, -0.25) is 4.79 Å². The summed E-state index contributed by atoms with van der Waals surface area (Å²) in [5, 5.41) is 10.3. The second-order valence-corrected chi connectivity index (χ2v) is 7.37. The summed E-state index contributed by atoms with van der Waals surface area (Å²) in [5.41, 5.74) is 2.84. The van der Waals surface area contributed by atoms with E-state index in [4.69, 9.17) is 0 Å². The fourth-order valence-corrected chi connectivity index (χ4v) is 2.67. The number of aromatic hydroxyl groups is 1. The third-order valence-electron chi connectivity index (χ3n) is 3.21. The van der Waals surface area contributed by atoms with E-state index in [0.717, 1.165) is 16.7 Å². The van der Waals surface area contributed by atoms with Crippen molar-refractivity contribution >= 4 is 5.78 Å². The molecule has 0 aliphatic heterocycles. The Labute approximate surface area is 116 Å². The van der Waals surface area contributed by atoms with Crippen LogP contribution in [-0.4, -0.2) is 10.9 Å². The molecule has 106 valence electrons. The van der Waals surface area contributed by atoms with Crippen LogP contribution >= 0.6 is 0 Å². The van der Waals surface area contributed by atoms with Gasteiger partial charge in [0.25, 0.3) is 0 Å². The summed E-state index contributed by atoms with van der Waals surface area (Å²) in [7, 11) is 0. The molecule has 2 heteroatoms. The van der Waals surface area contributed by atoms with Crippen LogP contribution in [0.25, 0.3) is 0 Å². The Morgan fingerprint density at radius 2 is 1.47 bits per heavy atom. The van der Waals surface area contributed by atoms with E-state index in [0.29, 0.717) is 12.2 Å². The number of benzene rings is 1. The lowest BCUT2D eigenvalue weighted by Crippen LogP contribution is -2.24. The average Bonchev–Trinajstić information content (AvgIpc) is 2.15. The molecule has 19 heavy (non-hydrogen) atoms. The average molecular weight is 262 g/mol. The van der Waals surface area contributed by atoms with Crippen molar-refractivity contribution in [1.29, 1.82) is 0 Å². The number of carbonyl (C=O) groups is 1. The molecule has 0 bridgehead atoms. The van der Waals surface area contributed by atoms with E-state index < -0.39 is 0 Å². The fraction of sp³-hybridized carbons (Fsp3) is 0.588. The highest BCUT2D eigenvalue weighted by Gasteiger charge is 2.30. The predicted molar refractivity (Wildman–Crippen MR) is 79.9 cm³/mol. The van der Waals surface area contributed by atoms with Crippen molar-refractivity contribution in [1.82, 2.24) is 0 Å². The maximum absolute atomic E-state index is 11.5. The van der Waals surface area contributed by atoms with Crippen molar-refractivity contribution in [2.24, 2.45) is 0 Å². The molecule has 0 fully saturated rings. The molecule has 0 radical (unpaired) electrons. The lowest BCUT2D eigenvalue weighted by atomic mass is 9.72. The normalized spacial score (nSPS) is 12.6. The molecule has 0 heterocycles. The number of Topliss-reactive ketones (excluding diaryl/α,β-unsaturated/α-hetero) is 1. The van der Waals surface area contributed by atoms with Gasteiger partial charge < -0.3 is 5.11 Å². The van der Waals surface area contributed by atoms with Crippen LogP contribution < -0.4 is 0 Å². The molecule has 0 spiro atoms. The predicted octanol–water partition coefficient (Wildman–Crippen LogP) is 4.12. The zero-order chi connectivity index (χ0) is 15.0. The number of rotatable bonds is 2. The molecule has 0 saturated heterocycles. The Hall–Kier alpha value is -1.31. The molecule has 1 aromatic carbocycles. The third kappa shape index (κ3) is 3.59. The van der Waals surface area contributed by atoms with Gasteiger partial charge in [0.15, 0.2) is 0 Å². The first-order valence-corrected chi connectivity index (χ1v) is 6.80. The molecule has 1 aromatic rings. The number of hydrogen-bond donors (Lipinski definition) is 1. The Morgan fingerprint density at radius 1 is 1.00 bits per heavy atom. The van der Waals surface area contributed by atoms with Crippen molar-refractivity contribution in [2.45, 2.75) is 65.7 Å². The van der Waals surface area contributed by atoms with E-state index in [9.17, 15) is 9.90 Å². The molecule has 0 aliphatic carbocycles. The summed E-state index contributed by atoms with van der Waals surface area (Å²) in [6.45, 7) is 14.3. The molecular weight excluding hydrogens is 236 g/mol. The van der Waals surface area contributed by atoms with Crippen molar-refractivity contribution in [2.75, 3.05) is 0 Å². The molecule has 0 aromatic heterocycles. The van der Waals surface area contributed by atoms with Gasteiger partial charge in [0.05, 0.1) is 0 Å². The minimum atomic E-state index is -0.153. The fourth-order valence-electron chi connectivity index (χ4n) is 2.67. The lowest BCUT2D eigenvalue weighted by Gasteiger charge is -2.33. The van der Waals surface area contributed by atoms with Gasteiger partial charge in [-0.15, -0.1) is 0 Å². The molecule has 0 atom stereocenters. The van der Waals surface area contributed by atoms with Gasteiger partial charge >= 0.3 is 0 Å². The molecular formula is C17H26O2. The summed E-state index contributed by atoms with van der Waals surface area (Å²) < 4.78 is 0. The van der Waals surface area contributed by atoms with Crippen molar-refractivity contribution < 1.29 is 9.90 Å². The highest BCUT2D eigenvalue weighted by atomic mass is 16.3. The van der Waals surface area contributed by atoms with Crippen LogP contribution in [0.5, 0.6) is 5.75 Å². The molecule has 2 nitrogen and oxygen atoms in total. The maximum Gasteiger partial charge on any atom is 0.134 e. The van der Waals surface area contributed by atoms with Crippen LogP contribution in [0.15, 0.2) is 12.1 Å². The summed E-state index contributed by atoms with van der Waals surface area (Å²) in [5.74, 6) is 0.473. The summed E-state index contributed by atoms with van der Waals surface area (Å²) >= 11 is 0. The van der Waals surface area contributed by atoms with Crippen molar-refractivity contribution in [3.8, 4) is 5.75 Å². The summed E-state index contributed by atoms with van der Waals surface area (Å²) in [4.78, 5) is 11.5. The topological polar surface area (TPSA) is 37.3 Å². The number of phenolic OH excluding ortho intramolecular Hbond substituents is 1. The van der Waals surface area contributed by atoms with Gasteiger partial charge in [0.2, 0.25) is 0 Å². The second kappa shape index (κ2) is 4.99. The number of ketones is 1. The minimum absolute atomic E-state index is 0.105. The first-order valence-electron chi connectivity index (χ1n) is 6.80. The highest BCUT2D eigenvalue weighted by Crippen LogP contribution is 2.41. The van der Waals surface area contributed by atoms with E-state index in [-0.39, 0.29) is 16.6 Å². The van der Waals surface area contributed by atoms with Crippen LogP contribution in [-0.2, 0) is 22.0 Å². The quantitative estimate of drug-likeness (QED) is 0.870. The van der Waals surface area contributed by atoms with Gasteiger partial charge in [-0.25, -0.2) is 0 Å². The molecule has 0 amide bonds. The Morgan fingerprint density at radius 3 is 1.84 bits per heavy atom. The van der Waals surface area contributed by atoms with Crippen molar-refractivity contribution in [3.63, 3.8) is 0 Å². The molecule has 0 aliphatic rings. The Kier molecular flexibility index (Phi) is 4.14. The van der Waals surface area contributed by atoms with Crippen LogP contribution in [0, 0.1) is 0 Å². The molecule has 1 rings (SSSR count). The maximum atomic E-state index is 11.5. The van der Waals surface area contributed by atoms with Gasteiger partial charge in [0, 0.05) is 12.0 Å². The van der Waals surface area contributed by atoms with Crippen molar-refractivity contribution in [3.05, 3.63) is 28.8 Å². The SMILES string of the molecule is CC(=O)Cc1ccc(O)c(C(C)(C)C)c1C(C)(C)C. The van der Waals surface area contributed by atoms with Crippen LogP contribution in [0.4, 0.5) is 0 Å². The zero-order valence-electron chi connectivity index (χ0n) is 13.2. The van der Waals surface area contributed by atoms with E-state index >= 15 is 0 Å². The lowest BCUT2D eigenvalue weighted by molar-refractivity contribution is -0.116. The van der Waals surface area contributed by atoms with Crippen LogP contribution in [0.2, 0.25) is 0 Å². The van der Waals surface area contributed by atoms with Gasteiger partial charge in [-0.1, -0.05) is 47.6 Å². The van der Waals surface area contributed by atoms with E-state index in [2.05, 4.69) is 41.5 Å². The largest absolute Gasteiger partial charge is 0.508 e. The van der Waals surface area contributed by atoms with Crippen LogP contribution in [0.3, 0.4) is 0 Å². The first-order chi connectivity index (χ1) is 8.44. The second-order valence-electron chi connectivity index (χ2n) is 7.37.